The van der Waals surface area contributed by atoms with Gasteiger partial charge in [0.15, 0.2) is 0 Å². The molecule has 0 aromatic heterocycles. The standard InChI is InChI=1S/C14H9F3O3/c15-14(16,17)10-4-1-8(2-5-10)9-3-6-12(18)11(7-9)13(19)20/h1-7,18H,(H,19,20). The third kappa shape index (κ3) is 2.74. The molecule has 0 aliphatic heterocycles. The summed E-state index contributed by atoms with van der Waals surface area (Å²) in [5, 5.41) is 18.3. The van der Waals surface area contributed by atoms with Gasteiger partial charge in [-0.1, -0.05) is 18.2 Å². The summed E-state index contributed by atoms with van der Waals surface area (Å²) in [5.41, 5.74) is -0.240. The Labute approximate surface area is 111 Å². The van der Waals surface area contributed by atoms with Crippen LogP contribution in [0.5, 0.6) is 5.75 Å². The molecule has 20 heavy (non-hydrogen) atoms. The van der Waals surface area contributed by atoms with Crippen molar-refractivity contribution in [3.63, 3.8) is 0 Å². The van der Waals surface area contributed by atoms with Gasteiger partial charge in [0.1, 0.15) is 11.3 Å². The van der Waals surface area contributed by atoms with Gasteiger partial charge in [0, 0.05) is 0 Å². The number of alkyl halides is 3. The zero-order valence-electron chi connectivity index (χ0n) is 9.98. The number of phenols is 1. The van der Waals surface area contributed by atoms with Crippen molar-refractivity contribution in [3.8, 4) is 16.9 Å². The topological polar surface area (TPSA) is 57.5 Å². The van der Waals surface area contributed by atoms with Crippen molar-refractivity contribution in [2.75, 3.05) is 0 Å². The summed E-state index contributed by atoms with van der Waals surface area (Å²) in [7, 11) is 0. The fourth-order valence-corrected chi connectivity index (χ4v) is 1.74. The molecule has 2 aromatic carbocycles. The third-order valence-electron chi connectivity index (χ3n) is 2.77. The van der Waals surface area contributed by atoms with E-state index in [-0.39, 0.29) is 5.56 Å². The second-order valence-corrected chi connectivity index (χ2v) is 4.11. The van der Waals surface area contributed by atoms with Gasteiger partial charge in [-0.15, -0.1) is 0 Å². The molecule has 0 atom stereocenters. The molecule has 0 bridgehead atoms. The van der Waals surface area contributed by atoms with Crippen LogP contribution in [-0.4, -0.2) is 16.2 Å². The number of halogens is 3. The van der Waals surface area contributed by atoms with Gasteiger partial charge in [-0.05, 0) is 35.4 Å². The lowest BCUT2D eigenvalue weighted by atomic mass is 10.0. The smallest absolute Gasteiger partial charge is 0.416 e. The highest BCUT2D eigenvalue weighted by Crippen LogP contribution is 2.32. The lowest BCUT2D eigenvalue weighted by molar-refractivity contribution is -0.137. The number of hydrogen-bond acceptors (Lipinski definition) is 2. The first-order chi connectivity index (χ1) is 9.29. The summed E-state index contributed by atoms with van der Waals surface area (Å²) in [6.45, 7) is 0. The van der Waals surface area contributed by atoms with Crippen molar-refractivity contribution in [1.29, 1.82) is 0 Å². The maximum absolute atomic E-state index is 12.4. The summed E-state index contributed by atoms with van der Waals surface area (Å²) in [4.78, 5) is 10.9. The molecule has 0 aliphatic carbocycles. The summed E-state index contributed by atoms with van der Waals surface area (Å²) in [6.07, 6.45) is -4.42. The molecular formula is C14H9F3O3. The van der Waals surface area contributed by atoms with Crippen LogP contribution in [0.25, 0.3) is 11.1 Å². The fraction of sp³-hybridized carbons (Fsp3) is 0.0714. The number of carbonyl (C=O) groups is 1. The number of carboxylic acid groups (broad SMARTS) is 1. The van der Waals surface area contributed by atoms with E-state index in [4.69, 9.17) is 5.11 Å². The van der Waals surface area contributed by atoms with Gasteiger partial charge >= 0.3 is 12.1 Å². The van der Waals surface area contributed by atoms with Crippen molar-refractivity contribution in [1.82, 2.24) is 0 Å². The van der Waals surface area contributed by atoms with Crippen LogP contribution in [0.4, 0.5) is 13.2 Å². The molecule has 2 rings (SSSR count). The Morgan fingerprint density at radius 2 is 1.50 bits per heavy atom. The predicted molar refractivity (Wildman–Crippen MR) is 65.5 cm³/mol. The van der Waals surface area contributed by atoms with Gasteiger partial charge in [0.25, 0.3) is 0 Å². The molecule has 0 amide bonds. The van der Waals surface area contributed by atoms with E-state index in [0.717, 1.165) is 12.1 Å². The van der Waals surface area contributed by atoms with E-state index in [1.807, 2.05) is 0 Å². The molecule has 104 valence electrons. The second-order valence-electron chi connectivity index (χ2n) is 4.11. The lowest BCUT2D eigenvalue weighted by Crippen LogP contribution is -2.04. The summed E-state index contributed by atoms with van der Waals surface area (Å²) in [5.74, 6) is -1.70. The summed E-state index contributed by atoms with van der Waals surface area (Å²) in [6, 6.07) is 8.17. The molecule has 0 unspecified atom stereocenters. The van der Waals surface area contributed by atoms with Crippen molar-refractivity contribution in [3.05, 3.63) is 53.6 Å². The van der Waals surface area contributed by atoms with E-state index in [1.165, 1.54) is 30.3 Å². The molecular weight excluding hydrogens is 273 g/mol. The van der Waals surface area contributed by atoms with Crippen LogP contribution in [0.15, 0.2) is 42.5 Å². The van der Waals surface area contributed by atoms with E-state index >= 15 is 0 Å². The van der Waals surface area contributed by atoms with Crippen LogP contribution in [-0.2, 0) is 6.18 Å². The number of aromatic carboxylic acids is 1. The lowest BCUT2D eigenvalue weighted by Gasteiger charge is -2.08. The quantitative estimate of drug-likeness (QED) is 0.881. The molecule has 0 fully saturated rings. The average molecular weight is 282 g/mol. The van der Waals surface area contributed by atoms with Crippen molar-refractivity contribution < 1.29 is 28.2 Å². The first-order valence-corrected chi connectivity index (χ1v) is 5.53. The first-order valence-electron chi connectivity index (χ1n) is 5.53. The van der Waals surface area contributed by atoms with E-state index < -0.39 is 23.5 Å². The van der Waals surface area contributed by atoms with Gasteiger partial charge in [0.2, 0.25) is 0 Å². The van der Waals surface area contributed by atoms with Gasteiger partial charge in [0.05, 0.1) is 5.56 Å². The molecule has 6 heteroatoms. The largest absolute Gasteiger partial charge is 0.507 e. The Bertz CT molecular complexity index is 646. The average Bonchev–Trinajstić information content (AvgIpc) is 2.38. The zero-order chi connectivity index (χ0) is 14.9. The maximum Gasteiger partial charge on any atom is 0.416 e. The Morgan fingerprint density at radius 3 is 2.00 bits per heavy atom. The number of carboxylic acids is 1. The molecule has 0 saturated carbocycles. The molecule has 2 N–H and O–H groups in total. The second kappa shape index (κ2) is 4.88. The highest BCUT2D eigenvalue weighted by Gasteiger charge is 2.29. The minimum atomic E-state index is -4.42. The molecule has 0 spiro atoms. The number of benzene rings is 2. The minimum Gasteiger partial charge on any atom is -0.507 e. The third-order valence-corrected chi connectivity index (χ3v) is 2.77. The Balaban J connectivity index is 2.42. The van der Waals surface area contributed by atoms with Crippen molar-refractivity contribution in [2.45, 2.75) is 6.18 Å². The highest BCUT2D eigenvalue weighted by atomic mass is 19.4. The summed E-state index contributed by atoms with van der Waals surface area (Å²) < 4.78 is 37.3. The van der Waals surface area contributed by atoms with Crippen molar-refractivity contribution in [2.24, 2.45) is 0 Å². The summed E-state index contributed by atoms with van der Waals surface area (Å²) >= 11 is 0. The van der Waals surface area contributed by atoms with E-state index in [1.54, 1.807) is 0 Å². The zero-order valence-corrected chi connectivity index (χ0v) is 9.98. The number of aromatic hydroxyl groups is 1. The SMILES string of the molecule is O=C(O)c1cc(-c2ccc(C(F)(F)F)cc2)ccc1O. The predicted octanol–water partition coefficient (Wildman–Crippen LogP) is 3.78. The Kier molecular flexibility index (Phi) is 3.40. The van der Waals surface area contributed by atoms with Crippen LogP contribution in [0.1, 0.15) is 15.9 Å². The van der Waals surface area contributed by atoms with Crippen LogP contribution in [0, 0.1) is 0 Å². The van der Waals surface area contributed by atoms with E-state index in [0.29, 0.717) is 11.1 Å². The van der Waals surface area contributed by atoms with Gasteiger partial charge in [-0.3, -0.25) is 0 Å². The molecule has 0 heterocycles. The van der Waals surface area contributed by atoms with Gasteiger partial charge in [-0.25, -0.2) is 4.79 Å². The normalized spacial score (nSPS) is 11.3. The minimum absolute atomic E-state index is 0.303. The molecule has 2 aromatic rings. The molecule has 0 saturated heterocycles. The Hall–Kier alpha value is -2.50. The van der Waals surface area contributed by atoms with E-state index in [9.17, 15) is 23.1 Å². The molecule has 0 aliphatic rings. The van der Waals surface area contributed by atoms with Crippen LogP contribution in [0.2, 0.25) is 0 Å². The molecule has 3 nitrogen and oxygen atoms in total. The van der Waals surface area contributed by atoms with Gasteiger partial charge < -0.3 is 10.2 Å². The fourth-order valence-electron chi connectivity index (χ4n) is 1.74. The number of rotatable bonds is 2. The highest BCUT2D eigenvalue weighted by molar-refractivity contribution is 5.92. The van der Waals surface area contributed by atoms with Crippen LogP contribution in [0.3, 0.4) is 0 Å². The van der Waals surface area contributed by atoms with Crippen molar-refractivity contribution >= 4 is 5.97 Å². The monoisotopic (exact) mass is 282 g/mol. The van der Waals surface area contributed by atoms with Crippen LogP contribution >= 0.6 is 0 Å². The molecule has 0 radical (unpaired) electrons. The van der Waals surface area contributed by atoms with E-state index in [2.05, 4.69) is 0 Å². The Morgan fingerprint density at radius 1 is 0.950 bits per heavy atom. The maximum atomic E-state index is 12.4. The first kappa shape index (κ1) is 13.9. The van der Waals surface area contributed by atoms with Crippen LogP contribution < -0.4 is 0 Å². The number of hydrogen-bond donors (Lipinski definition) is 2. The van der Waals surface area contributed by atoms with Gasteiger partial charge in [-0.2, -0.15) is 13.2 Å².